The number of nitrogens with one attached hydrogen (secondary N) is 2. The van der Waals surface area contributed by atoms with Crippen molar-refractivity contribution in [2.45, 2.75) is 20.3 Å². The van der Waals surface area contributed by atoms with E-state index in [9.17, 15) is 4.79 Å². The van der Waals surface area contributed by atoms with Crippen molar-refractivity contribution in [3.05, 3.63) is 29.8 Å². The maximum absolute atomic E-state index is 11.4. The number of amides is 2. The van der Waals surface area contributed by atoms with Gasteiger partial charge in [0.15, 0.2) is 6.73 Å². The molecule has 0 aromatic heterocycles. The maximum atomic E-state index is 11.4. The quantitative estimate of drug-likeness (QED) is 0.559. The average Bonchev–Trinajstić information content (AvgIpc) is 2.41. The molecule has 1 rings (SSSR count). The normalized spacial score (nSPS) is 10.0. The molecule has 0 atom stereocenters. The fraction of sp³-hybridized carbons (Fsp3) is 0.500. The van der Waals surface area contributed by atoms with Crippen LogP contribution in [0, 0.1) is 6.92 Å². The summed E-state index contributed by atoms with van der Waals surface area (Å²) in [5, 5.41) is 5.35. The minimum Gasteiger partial charge on any atom is -0.473 e. The molecule has 2 amide bonds. The number of rotatable bonds is 8. The van der Waals surface area contributed by atoms with E-state index in [-0.39, 0.29) is 12.8 Å². The number of hydrogen-bond acceptors (Lipinski definition) is 3. The van der Waals surface area contributed by atoms with Gasteiger partial charge in [0.25, 0.3) is 0 Å². The van der Waals surface area contributed by atoms with Crippen LogP contribution in [0.15, 0.2) is 24.3 Å². The van der Waals surface area contributed by atoms with Gasteiger partial charge in [-0.1, -0.05) is 17.7 Å². The molecule has 0 unspecified atom stereocenters. The van der Waals surface area contributed by atoms with E-state index >= 15 is 0 Å². The van der Waals surface area contributed by atoms with Crippen molar-refractivity contribution in [1.82, 2.24) is 10.6 Å². The minimum absolute atomic E-state index is 0.153. The summed E-state index contributed by atoms with van der Waals surface area (Å²) in [4.78, 5) is 11.4. The largest absolute Gasteiger partial charge is 0.473 e. The van der Waals surface area contributed by atoms with Crippen LogP contribution in [0.1, 0.15) is 18.9 Å². The summed E-state index contributed by atoms with van der Waals surface area (Å²) in [6.07, 6.45) is 0.806. The van der Waals surface area contributed by atoms with Crippen molar-refractivity contribution >= 4 is 6.03 Å². The second-order valence-electron chi connectivity index (χ2n) is 4.08. The Morgan fingerprint density at radius 1 is 1.21 bits per heavy atom. The SMILES string of the molecule is CCOCCCNC(=O)NCOc1ccc(C)cc1. The van der Waals surface area contributed by atoms with Crippen molar-refractivity contribution in [2.75, 3.05) is 26.5 Å². The topological polar surface area (TPSA) is 59.6 Å². The molecule has 0 saturated carbocycles. The highest BCUT2D eigenvalue weighted by atomic mass is 16.5. The van der Waals surface area contributed by atoms with Crippen LogP contribution in [0.2, 0.25) is 0 Å². The van der Waals surface area contributed by atoms with Gasteiger partial charge in [-0.15, -0.1) is 0 Å². The van der Waals surface area contributed by atoms with Crippen LogP contribution in [0.25, 0.3) is 0 Å². The molecule has 0 aliphatic carbocycles. The molecule has 0 aliphatic rings. The zero-order valence-corrected chi connectivity index (χ0v) is 11.6. The molecule has 0 fully saturated rings. The van der Waals surface area contributed by atoms with Crippen LogP contribution in [-0.4, -0.2) is 32.5 Å². The summed E-state index contributed by atoms with van der Waals surface area (Å²) in [5.74, 6) is 0.738. The Morgan fingerprint density at radius 2 is 1.95 bits per heavy atom. The highest BCUT2D eigenvalue weighted by Crippen LogP contribution is 2.10. The molecular formula is C14H22N2O3. The van der Waals surface area contributed by atoms with Crippen molar-refractivity contribution in [2.24, 2.45) is 0 Å². The van der Waals surface area contributed by atoms with E-state index in [0.29, 0.717) is 19.8 Å². The molecule has 0 bridgehead atoms. The predicted molar refractivity (Wildman–Crippen MR) is 74.3 cm³/mol. The lowest BCUT2D eigenvalue weighted by atomic mass is 10.2. The first kappa shape index (κ1) is 15.3. The Bertz CT molecular complexity index is 365. The summed E-state index contributed by atoms with van der Waals surface area (Å²) < 4.78 is 10.5. The van der Waals surface area contributed by atoms with Gasteiger partial charge in [-0.05, 0) is 32.4 Å². The second kappa shape index (κ2) is 9.22. The Balaban J connectivity index is 2.05. The van der Waals surface area contributed by atoms with E-state index in [1.165, 1.54) is 5.56 Å². The van der Waals surface area contributed by atoms with E-state index in [0.717, 1.165) is 12.2 Å². The molecule has 5 nitrogen and oxygen atoms in total. The van der Waals surface area contributed by atoms with Crippen LogP contribution in [-0.2, 0) is 4.74 Å². The van der Waals surface area contributed by atoms with Gasteiger partial charge in [-0.25, -0.2) is 4.79 Å². The molecule has 0 radical (unpaired) electrons. The maximum Gasteiger partial charge on any atom is 0.317 e. The summed E-state index contributed by atoms with van der Waals surface area (Å²) in [6, 6.07) is 7.43. The third kappa shape index (κ3) is 7.31. The monoisotopic (exact) mass is 266 g/mol. The molecule has 5 heteroatoms. The van der Waals surface area contributed by atoms with Crippen molar-refractivity contribution in [1.29, 1.82) is 0 Å². The van der Waals surface area contributed by atoms with Crippen LogP contribution in [0.5, 0.6) is 5.75 Å². The summed E-state index contributed by atoms with van der Waals surface area (Å²) in [7, 11) is 0. The predicted octanol–water partition coefficient (Wildman–Crippen LogP) is 2.06. The molecule has 0 spiro atoms. The number of carbonyl (C=O) groups excluding carboxylic acids is 1. The number of ether oxygens (including phenoxy) is 2. The first-order chi connectivity index (χ1) is 9.22. The van der Waals surface area contributed by atoms with Gasteiger partial charge in [-0.3, -0.25) is 0 Å². The van der Waals surface area contributed by atoms with E-state index in [1.54, 1.807) is 0 Å². The number of aryl methyl sites for hydroxylation is 1. The van der Waals surface area contributed by atoms with Gasteiger partial charge in [0.1, 0.15) is 5.75 Å². The van der Waals surface area contributed by atoms with Crippen LogP contribution >= 0.6 is 0 Å². The average molecular weight is 266 g/mol. The fourth-order valence-electron chi connectivity index (χ4n) is 1.40. The summed E-state index contributed by atoms with van der Waals surface area (Å²) in [5.41, 5.74) is 1.17. The van der Waals surface area contributed by atoms with E-state index in [2.05, 4.69) is 10.6 Å². The van der Waals surface area contributed by atoms with Crippen molar-refractivity contribution in [3.63, 3.8) is 0 Å². The summed E-state index contributed by atoms with van der Waals surface area (Å²) >= 11 is 0. The Kier molecular flexibility index (Phi) is 7.43. The molecule has 1 aromatic carbocycles. The molecule has 106 valence electrons. The molecule has 1 aromatic rings. The van der Waals surface area contributed by atoms with Crippen LogP contribution in [0.4, 0.5) is 4.79 Å². The summed E-state index contributed by atoms with van der Waals surface area (Å²) in [6.45, 7) is 6.07. The van der Waals surface area contributed by atoms with E-state index in [1.807, 2.05) is 38.1 Å². The van der Waals surface area contributed by atoms with E-state index in [4.69, 9.17) is 9.47 Å². The number of hydrogen-bond donors (Lipinski definition) is 2. The number of carbonyl (C=O) groups is 1. The lowest BCUT2D eigenvalue weighted by Crippen LogP contribution is -2.38. The third-order valence-corrected chi connectivity index (χ3v) is 2.45. The number of benzene rings is 1. The fourth-order valence-corrected chi connectivity index (χ4v) is 1.40. The van der Waals surface area contributed by atoms with Crippen LogP contribution in [0.3, 0.4) is 0 Å². The number of urea groups is 1. The zero-order chi connectivity index (χ0) is 13.9. The molecule has 0 aliphatic heterocycles. The first-order valence-corrected chi connectivity index (χ1v) is 6.51. The standard InChI is InChI=1S/C14H22N2O3/c1-3-18-10-4-9-15-14(17)16-11-19-13-7-5-12(2)6-8-13/h5-8H,3-4,9-11H2,1-2H3,(H2,15,16,17). The van der Waals surface area contributed by atoms with Gasteiger partial charge < -0.3 is 20.1 Å². The Labute approximate surface area is 114 Å². The highest BCUT2D eigenvalue weighted by Gasteiger charge is 1.99. The molecule has 0 heterocycles. The lowest BCUT2D eigenvalue weighted by molar-refractivity contribution is 0.145. The van der Waals surface area contributed by atoms with E-state index < -0.39 is 0 Å². The smallest absolute Gasteiger partial charge is 0.317 e. The molecule has 2 N–H and O–H groups in total. The molecule has 19 heavy (non-hydrogen) atoms. The first-order valence-electron chi connectivity index (χ1n) is 6.51. The van der Waals surface area contributed by atoms with Crippen molar-refractivity contribution < 1.29 is 14.3 Å². The second-order valence-corrected chi connectivity index (χ2v) is 4.08. The molecule has 0 saturated heterocycles. The van der Waals surface area contributed by atoms with Gasteiger partial charge in [0, 0.05) is 19.8 Å². The van der Waals surface area contributed by atoms with Crippen LogP contribution < -0.4 is 15.4 Å². The van der Waals surface area contributed by atoms with Gasteiger partial charge >= 0.3 is 6.03 Å². The minimum atomic E-state index is -0.233. The van der Waals surface area contributed by atoms with Gasteiger partial charge in [-0.2, -0.15) is 0 Å². The highest BCUT2D eigenvalue weighted by molar-refractivity contribution is 5.73. The Morgan fingerprint density at radius 3 is 2.63 bits per heavy atom. The van der Waals surface area contributed by atoms with Gasteiger partial charge in [0.05, 0.1) is 0 Å². The van der Waals surface area contributed by atoms with Crippen molar-refractivity contribution in [3.8, 4) is 5.75 Å². The lowest BCUT2D eigenvalue weighted by Gasteiger charge is -2.09. The Hall–Kier alpha value is -1.75. The van der Waals surface area contributed by atoms with Gasteiger partial charge in [0.2, 0.25) is 0 Å². The molecular weight excluding hydrogens is 244 g/mol. The third-order valence-electron chi connectivity index (χ3n) is 2.45. The zero-order valence-electron chi connectivity index (χ0n) is 11.6.